The van der Waals surface area contributed by atoms with Crippen molar-refractivity contribution in [1.82, 2.24) is 10.6 Å². The Morgan fingerprint density at radius 3 is 2.35 bits per heavy atom. The van der Waals surface area contributed by atoms with Gasteiger partial charge in [-0.05, 0) is 44.9 Å². The SMILES string of the molecule is CN=C(NC1CCC(C(F)(F)F)CC1)NC1C2CCOC2C12CCCC2. The van der Waals surface area contributed by atoms with E-state index in [9.17, 15) is 13.2 Å². The van der Waals surface area contributed by atoms with Crippen LogP contribution in [0.3, 0.4) is 0 Å². The Balaban J connectivity index is 1.34. The van der Waals surface area contributed by atoms with Crippen molar-refractivity contribution in [3.63, 3.8) is 0 Å². The molecule has 1 heterocycles. The van der Waals surface area contributed by atoms with Crippen molar-refractivity contribution < 1.29 is 17.9 Å². The van der Waals surface area contributed by atoms with Gasteiger partial charge < -0.3 is 15.4 Å². The molecule has 3 aliphatic carbocycles. The van der Waals surface area contributed by atoms with Gasteiger partial charge in [0.2, 0.25) is 0 Å². The monoisotopic (exact) mass is 373 g/mol. The molecule has 0 aromatic heterocycles. The molecule has 0 aromatic carbocycles. The smallest absolute Gasteiger partial charge is 0.377 e. The second kappa shape index (κ2) is 6.88. The van der Waals surface area contributed by atoms with Gasteiger partial charge in [0.15, 0.2) is 5.96 Å². The highest BCUT2D eigenvalue weighted by Crippen LogP contribution is 2.60. The van der Waals surface area contributed by atoms with Crippen LogP contribution in [0, 0.1) is 17.3 Å². The minimum atomic E-state index is -4.05. The van der Waals surface area contributed by atoms with Crippen LogP contribution in [0.25, 0.3) is 0 Å². The summed E-state index contributed by atoms with van der Waals surface area (Å²) < 4.78 is 44.6. The lowest BCUT2D eigenvalue weighted by molar-refractivity contribution is -0.182. The molecule has 4 fully saturated rings. The molecule has 4 nitrogen and oxygen atoms in total. The van der Waals surface area contributed by atoms with E-state index in [0.717, 1.165) is 19.0 Å². The van der Waals surface area contributed by atoms with Crippen molar-refractivity contribution >= 4 is 5.96 Å². The van der Waals surface area contributed by atoms with Crippen LogP contribution in [0.15, 0.2) is 4.99 Å². The zero-order valence-electron chi connectivity index (χ0n) is 15.4. The molecule has 7 heteroatoms. The summed E-state index contributed by atoms with van der Waals surface area (Å²) in [6.07, 6.45) is 3.90. The van der Waals surface area contributed by atoms with E-state index in [4.69, 9.17) is 4.74 Å². The normalized spacial score (nSPS) is 39.5. The second-order valence-corrected chi connectivity index (χ2v) is 8.61. The number of halogens is 3. The number of hydrogen-bond donors (Lipinski definition) is 2. The fourth-order valence-corrected chi connectivity index (χ4v) is 5.98. The molecule has 1 spiro atoms. The van der Waals surface area contributed by atoms with E-state index in [0.29, 0.717) is 30.9 Å². The van der Waals surface area contributed by atoms with Crippen molar-refractivity contribution in [1.29, 1.82) is 0 Å². The highest BCUT2D eigenvalue weighted by atomic mass is 19.4. The first kappa shape index (κ1) is 18.4. The van der Waals surface area contributed by atoms with Crippen molar-refractivity contribution in [2.75, 3.05) is 13.7 Å². The Hall–Kier alpha value is -0.980. The molecular formula is C19H30F3N3O. The summed E-state index contributed by atoms with van der Waals surface area (Å²) in [7, 11) is 1.75. The molecule has 0 amide bonds. The topological polar surface area (TPSA) is 45.7 Å². The highest BCUT2D eigenvalue weighted by Gasteiger charge is 2.65. The van der Waals surface area contributed by atoms with Gasteiger partial charge >= 0.3 is 6.18 Å². The van der Waals surface area contributed by atoms with Crippen LogP contribution < -0.4 is 10.6 Å². The first-order valence-electron chi connectivity index (χ1n) is 10.1. The lowest BCUT2D eigenvalue weighted by Crippen LogP contribution is -2.69. The Morgan fingerprint density at radius 2 is 1.73 bits per heavy atom. The van der Waals surface area contributed by atoms with E-state index in [1.165, 1.54) is 25.7 Å². The first-order valence-corrected chi connectivity index (χ1v) is 10.1. The van der Waals surface area contributed by atoms with E-state index >= 15 is 0 Å². The van der Waals surface area contributed by atoms with Crippen LogP contribution in [-0.2, 0) is 4.74 Å². The van der Waals surface area contributed by atoms with Gasteiger partial charge in [0.25, 0.3) is 0 Å². The fraction of sp³-hybridized carbons (Fsp3) is 0.947. The van der Waals surface area contributed by atoms with Crippen LogP contribution >= 0.6 is 0 Å². The fourth-order valence-electron chi connectivity index (χ4n) is 5.98. The lowest BCUT2D eigenvalue weighted by atomic mass is 9.54. The molecule has 0 radical (unpaired) electrons. The molecule has 3 unspecified atom stereocenters. The van der Waals surface area contributed by atoms with Crippen molar-refractivity contribution in [2.45, 2.75) is 82.2 Å². The molecule has 0 bridgehead atoms. The van der Waals surface area contributed by atoms with Crippen molar-refractivity contribution in [3.8, 4) is 0 Å². The van der Waals surface area contributed by atoms with Gasteiger partial charge in [-0.3, -0.25) is 4.99 Å². The maximum atomic E-state index is 12.8. The van der Waals surface area contributed by atoms with Crippen molar-refractivity contribution in [3.05, 3.63) is 0 Å². The molecule has 1 aliphatic heterocycles. The number of nitrogens with zero attached hydrogens (tertiary/aromatic N) is 1. The van der Waals surface area contributed by atoms with Crippen LogP contribution in [0.1, 0.15) is 57.8 Å². The number of ether oxygens (including phenoxy) is 1. The Kier molecular flexibility index (Phi) is 4.86. The van der Waals surface area contributed by atoms with Crippen LogP contribution in [0.4, 0.5) is 13.2 Å². The lowest BCUT2D eigenvalue weighted by Gasteiger charge is -2.57. The van der Waals surface area contributed by atoms with Gasteiger partial charge in [-0.25, -0.2) is 0 Å². The van der Waals surface area contributed by atoms with Gasteiger partial charge in [0.1, 0.15) is 0 Å². The van der Waals surface area contributed by atoms with Gasteiger partial charge in [-0.1, -0.05) is 12.8 Å². The zero-order chi connectivity index (χ0) is 18.4. The third-order valence-corrected chi connectivity index (χ3v) is 7.33. The van der Waals surface area contributed by atoms with Gasteiger partial charge in [-0.15, -0.1) is 0 Å². The molecule has 4 aliphatic rings. The van der Waals surface area contributed by atoms with Crippen LogP contribution in [-0.4, -0.2) is 44.0 Å². The number of fused-ring (bicyclic) bond motifs is 2. The van der Waals surface area contributed by atoms with E-state index in [-0.39, 0.29) is 24.3 Å². The molecule has 26 heavy (non-hydrogen) atoms. The van der Waals surface area contributed by atoms with Gasteiger partial charge in [-0.2, -0.15) is 13.2 Å². The number of aliphatic imine (C=N–C) groups is 1. The maximum Gasteiger partial charge on any atom is 0.391 e. The minimum Gasteiger partial charge on any atom is -0.377 e. The first-order chi connectivity index (χ1) is 12.4. The highest BCUT2D eigenvalue weighted by molar-refractivity contribution is 5.80. The Labute approximate surface area is 153 Å². The number of guanidine groups is 1. The average Bonchev–Trinajstić information content (AvgIpc) is 3.26. The molecular weight excluding hydrogens is 343 g/mol. The largest absolute Gasteiger partial charge is 0.391 e. The Bertz CT molecular complexity index is 537. The van der Waals surface area contributed by atoms with E-state index < -0.39 is 12.1 Å². The third kappa shape index (κ3) is 3.10. The number of rotatable bonds is 2. The molecule has 148 valence electrons. The number of nitrogens with one attached hydrogen (secondary N) is 2. The molecule has 2 N–H and O–H groups in total. The summed E-state index contributed by atoms with van der Waals surface area (Å²) in [5.74, 6) is 0.162. The molecule has 0 aromatic rings. The summed E-state index contributed by atoms with van der Waals surface area (Å²) >= 11 is 0. The summed E-state index contributed by atoms with van der Waals surface area (Å²) in [5.41, 5.74) is 0.243. The zero-order valence-corrected chi connectivity index (χ0v) is 15.4. The standard InChI is InChI=1S/C19H30F3N3O/c1-23-17(24-13-6-4-12(5-7-13)19(20,21)22)25-15-14-8-11-26-16(14)18(15)9-2-3-10-18/h12-16H,2-11H2,1H3,(H2,23,24,25). The predicted molar refractivity (Wildman–Crippen MR) is 94.0 cm³/mol. The second-order valence-electron chi connectivity index (χ2n) is 8.61. The third-order valence-electron chi connectivity index (χ3n) is 7.33. The quantitative estimate of drug-likeness (QED) is 0.574. The molecule has 3 atom stereocenters. The summed E-state index contributed by atoms with van der Waals surface area (Å²) in [5, 5.41) is 7.03. The van der Waals surface area contributed by atoms with E-state index in [1.54, 1.807) is 7.05 Å². The molecule has 3 saturated carbocycles. The van der Waals surface area contributed by atoms with E-state index in [1.807, 2.05) is 0 Å². The summed E-state index contributed by atoms with van der Waals surface area (Å²) in [6.45, 7) is 0.850. The minimum absolute atomic E-state index is 0.0787. The summed E-state index contributed by atoms with van der Waals surface area (Å²) in [6, 6.07) is 0.463. The summed E-state index contributed by atoms with van der Waals surface area (Å²) in [4.78, 5) is 4.37. The van der Waals surface area contributed by atoms with E-state index in [2.05, 4.69) is 15.6 Å². The molecule has 4 rings (SSSR count). The van der Waals surface area contributed by atoms with Crippen molar-refractivity contribution in [2.24, 2.45) is 22.2 Å². The van der Waals surface area contributed by atoms with Crippen LogP contribution in [0.2, 0.25) is 0 Å². The number of alkyl halides is 3. The number of hydrogen-bond acceptors (Lipinski definition) is 2. The van der Waals surface area contributed by atoms with Gasteiger partial charge in [0.05, 0.1) is 12.0 Å². The van der Waals surface area contributed by atoms with Crippen LogP contribution in [0.5, 0.6) is 0 Å². The Morgan fingerprint density at radius 1 is 1.04 bits per heavy atom. The molecule has 1 saturated heterocycles. The predicted octanol–water partition coefficient (Wildman–Crippen LogP) is 3.62. The van der Waals surface area contributed by atoms with Gasteiger partial charge in [0, 0.05) is 37.1 Å². The average molecular weight is 373 g/mol. The maximum absolute atomic E-state index is 12.8.